The summed E-state index contributed by atoms with van der Waals surface area (Å²) in [5.74, 6) is 0. The minimum Gasteiger partial charge on any atom is -0.298 e. The van der Waals surface area contributed by atoms with Gasteiger partial charge in [-0.05, 0) is 148 Å². The molecule has 4 heteroatoms. The standard InChI is InChI=1S/C50H42O4/c1-27-35-13-9-11-15-37(35)45-42(44-31(25-53)19-34(50(6,7)8)20-32(44)26-54)22-40-28(2)36-14-10-12-16-38(36)46-41(21-39(27)47(45)48(40)46)43-29(23-51)17-33(49(3,4)5)18-30(43)24-52/h9-26H,1-8H3. The molecular weight excluding hydrogens is 665 g/mol. The first-order valence-electron chi connectivity index (χ1n) is 18.5. The van der Waals surface area contributed by atoms with E-state index in [0.717, 1.165) is 112 Å². The Morgan fingerprint density at radius 2 is 0.685 bits per heavy atom. The van der Waals surface area contributed by atoms with Crippen LogP contribution in [-0.2, 0) is 10.8 Å². The Balaban J connectivity index is 1.69. The van der Waals surface area contributed by atoms with Crippen LogP contribution in [0.2, 0.25) is 0 Å². The number of hydrogen-bond acceptors (Lipinski definition) is 4. The Hall–Kier alpha value is -6.00. The first-order chi connectivity index (χ1) is 25.7. The summed E-state index contributed by atoms with van der Waals surface area (Å²) in [6, 6.07) is 28.6. The van der Waals surface area contributed by atoms with E-state index in [1.807, 2.05) is 48.5 Å². The van der Waals surface area contributed by atoms with E-state index in [4.69, 9.17) is 0 Å². The molecule has 0 fully saturated rings. The first-order valence-corrected chi connectivity index (χ1v) is 18.5. The van der Waals surface area contributed by atoms with Crippen LogP contribution in [0.25, 0.3) is 76.1 Å². The van der Waals surface area contributed by atoms with Gasteiger partial charge < -0.3 is 0 Å². The average Bonchev–Trinajstić information content (AvgIpc) is 3.16. The van der Waals surface area contributed by atoms with Gasteiger partial charge in [0, 0.05) is 33.4 Å². The molecule has 0 amide bonds. The van der Waals surface area contributed by atoms with Gasteiger partial charge in [-0.3, -0.25) is 19.2 Å². The van der Waals surface area contributed by atoms with Gasteiger partial charge in [-0.2, -0.15) is 0 Å². The van der Waals surface area contributed by atoms with E-state index in [1.165, 1.54) is 0 Å². The zero-order chi connectivity index (χ0) is 38.4. The quantitative estimate of drug-likeness (QED) is 0.0980. The molecular formula is C50H42O4. The number of benzene rings is 8. The van der Waals surface area contributed by atoms with Gasteiger partial charge in [0.1, 0.15) is 0 Å². The summed E-state index contributed by atoms with van der Waals surface area (Å²) in [7, 11) is 0. The fraction of sp³-hybridized carbons (Fsp3) is 0.200. The van der Waals surface area contributed by atoms with Crippen molar-refractivity contribution >= 4 is 79.0 Å². The van der Waals surface area contributed by atoms with Crippen LogP contribution in [-0.4, -0.2) is 25.1 Å². The van der Waals surface area contributed by atoms with Crippen molar-refractivity contribution in [1.29, 1.82) is 0 Å². The van der Waals surface area contributed by atoms with E-state index >= 15 is 0 Å². The van der Waals surface area contributed by atoms with E-state index in [-0.39, 0.29) is 10.8 Å². The summed E-state index contributed by atoms with van der Waals surface area (Å²) in [5.41, 5.74) is 8.11. The zero-order valence-electron chi connectivity index (χ0n) is 32.0. The Kier molecular flexibility index (Phi) is 7.97. The third kappa shape index (κ3) is 5.04. The van der Waals surface area contributed by atoms with Crippen LogP contribution in [0.5, 0.6) is 0 Å². The van der Waals surface area contributed by atoms with E-state index in [2.05, 4.69) is 91.8 Å². The van der Waals surface area contributed by atoms with Crippen LogP contribution >= 0.6 is 0 Å². The summed E-state index contributed by atoms with van der Waals surface area (Å²) >= 11 is 0. The molecule has 0 heterocycles. The van der Waals surface area contributed by atoms with Gasteiger partial charge in [0.25, 0.3) is 0 Å². The van der Waals surface area contributed by atoms with E-state index in [0.29, 0.717) is 33.4 Å². The number of carbonyl (C=O) groups is 4. The number of carbonyl (C=O) groups excluding carboxylic acids is 4. The van der Waals surface area contributed by atoms with E-state index in [1.54, 1.807) is 0 Å². The normalized spacial score (nSPS) is 12.4. The molecule has 0 spiro atoms. The third-order valence-electron chi connectivity index (χ3n) is 11.6. The van der Waals surface area contributed by atoms with Gasteiger partial charge in [-0.1, -0.05) is 90.1 Å². The van der Waals surface area contributed by atoms with E-state index in [9.17, 15) is 19.2 Å². The van der Waals surface area contributed by atoms with Crippen LogP contribution in [0.4, 0.5) is 0 Å². The van der Waals surface area contributed by atoms with Crippen molar-refractivity contribution < 1.29 is 19.2 Å². The predicted molar refractivity (Wildman–Crippen MR) is 224 cm³/mol. The lowest BCUT2D eigenvalue weighted by Crippen LogP contribution is -2.13. The molecule has 8 rings (SSSR count). The summed E-state index contributed by atoms with van der Waals surface area (Å²) < 4.78 is 0. The predicted octanol–water partition coefficient (Wildman–Crippen LogP) is 12.7. The second-order valence-electron chi connectivity index (χ2n) is 16.8. The molecule has 0 aromatic heterocycles. The smallest absolute Gasteiger partial charge is 0.150 e. The molecule has 266 valence electrons. The third-order valence-corrected chi connectivity index (χ3v) is 11.6. The Morgan fingerprint density at radius 3 is 0.963 bits per heavy atom. The zero-order valence-corrected chi connectivity index (χ0v) is 32.0. The molecule has 0 aliphatic heterocycles. The lowest BCUT2D eigenvalue weighted by Gasteiger charge is -2.26. The molecule has 0 aliphatic carbocycles. The van der Waals surface area contributed by atoms with E-state index < -0.39 is 0 Å². The van der Waals surface area contributed by atoms with Gasteiger partial charge in [-0.25, -0.2) is 0 Å². The van der Waals surface area contributed by atoms with Crippen LogP contribution in [0.1, 0.15) is 105 Å². The maximum absolute atomic E-state index is 13.1. The first kappa shape index (κ1) is 35.1. The number of hydrogen-bond donors (Lipinski definition) is 0. The molecule has 8 aromatic carbocycles. The van der Waals surface area contributed by atoms with Crippen molar-refractivity contribution in [3.8, 4) is 22.3 Å². The number of aldehydes is 4. The van der Waals surface area contributed by atoms with Crippen LogP contribution in [0, 0.1) is 13.8 Å². The Labute approximate surface area is 315 Å². The van der Waals surface area contributed by atoms with Gasteiger partial charge in [0.15, 0.2) is 25.1 Å². The van der Waals surface area contributed by atoms with Gasteiger partial charge in [0.2, 0.25) is 0 Å². The minimum absolute atomic E-state index is 0.283. The van der Waals surface area contributed by atoms with Crippen molar-refractivity contribution in [3.63, 3.8) is 0 Å². The van der Waals surface area contributed by atoms with Crippen LogP contribution < -0.4 is 0 Å². The van der Waals surface area contributed by atoms with Crippen LogP contribution in [0.3, 0.4) is 0 Å². The average molecular weight is 707 g/mol. The van der Waals surface area contributed by atoms with Crippen molar-refractivity contribution in [2.24, 2.45) is 0 Å². The fourth-order valence-corrected chi connectivity index (χ4v) is 8.76. The lowest BCUT2D eigenvalue weighted by atomic mass is 9.76. The van der Waals surface area contributed by atoms with Crippen LogP contribution in [0.15, 0.2) is 84.9 Å². The van der Waals surface area contributed by atoms with Crippen molar-refractivity contribution in [2.45, 2.75) is 66.2 Å². The molecule has 0 bridgehead atoms. The highest BCUT2D eigenvalue weighted by atomic mass is 16.1. The molecule has 0 saturated heterocycles. The van der Waals surface area contributed by atoms with Gasteiger partial charge >= 0.3 is 0 Å². The summed E-state index contributed by atoms with van der Waals surface area (Å²) in [6.45, 7) is 16.7. The molecule has 8 aromatic rings. The van der Waals surface area contributed by atoms with Gasteiger partial charge in [-0.15, -0.1) is 0 Å². The highest BCUT2D eigenvalue weighted by molar-refractivity contribution is 6.40. The summed E-state index contributed by atoms with van der Waals surface area (Å²) in [5, 5.41) is 10.0. The summed E-state index contributed by atoms with van der Waals surface area (Å²) in [6.07, 6.45) is 3.49. The van der Waals surface area contributed by atoms with Crippen molar-refractivity contribution in [1.82, 2.24) is 0 Å². The summed E-state index contributed by atoms with van der Waals surface area (Å²) in [4.78, 5) is 52.3. The number of rotatable bonds is 6. The minimum atomic E-state index is -0.283. The second kappa shape index (κ2) is 12.3. The Morgan fingerprint density at radius 1 is 0.389 bits per heavy atom. The molecule has 0 radical (unpaired) electrons. The monoisotopic (exact) mass is 706 g/mol. The largest absolute Gasteiger partial charge is 0.298 e. The molecule has 4 nitrogen and oxygen atoms in total. The van der Waals surface area contributed by atoms with Crippen molar-refractivity contribution in [2.75, 3.05) is 0 Å². The molecule has 0 unspecified atom stereocenters. The number of aryl methyl sites for hydroxylation is 2. The lowest BCUT2D eigenvalue weighted by molar-refractivity contribution is 0.111. The Bertz CT molecular complexity index is 2670. The maximum Gasteiger partial charge on any atom is 0.150 e. The fourth-order valence-electron chi connectivity index (χ4n) is 8.76. The number of fused-ring (bicyclic) bond motifs is 4. The maximum atomic E-state index is 13.1. The molecule has 0 aliphatic rings. The highest BCUT2D eigenvalue weighted by Crippen LogP contribution is 2.52. The van der Waals surface area contributed by atoms with Gasteiger partial charge in [0.05, 0.1) is 0 Å². The molecule has 0 atom stereocenters. The molecule has 0 N–H and O–H groups in total. The molecule has 54 heavy (non-hydrogen) atoms. The van der Waals surface area contributed by atoms with Crippen molar-refractivity contribution in [3.05, 3.63) is 129 Å². The SMILES string of the molecule is Cc1c2ccccc2c2c(-c3c(C=O)cc(C(C)(C)C)cc3C=O)cc3c(C)c4ccccc4c4c(-c5c(C=O)cc(C(C)(C)C)cc5C=O)cc1c2c34. The highest BCUT2D eigenvalue weighted by Gasteiger charge is 2.28. The molecule has 0 saturated carbocycles. The second-order valence-corrected chi connectivity index (χ2v) is 16.8. The topological polar surface area (TPSA) is 68.3 Å².